The van der Waals surface area contributed by atoms with Gasteiger partial charge >= 0.3 is 5.69 Å². The largest absolute Gasteiger partial charge is 0.490 e. The number of anilines is 1. The molecule has 1 aliphatic carbocycles. The Hall–Kier alpha value is -2.82. The molecule has 0 fully saturated rings. The third-order valence-electron chi connectivity index (χ3n) is 5.03. The molecule has 0 amide bonds. The van der Waals surface area contributed by atoms with Gasteiger partial charge in [0.05, 0.1) is 18.1 Å². The first kappa shape index (κ1) is 14.8. The maximum atomic E-state index is 11.3. The molecule has 0 bridgehead atoms. The Labute approximate surface area is 140 Å². The third kappa shape index (κ3) is 2.24. The number of nitro benzene ring substituents is 1. The molecule has 2 aromatic carbocycles. The fourth-order valence-electron chi connectivity index (χ4n) is 3.92. The summed E-state index contributed by atoms with van der Waals surface area (Å²) in [5, 5.41) is 14.9. The minimum atomic E-state index is -0.385. The van der Waals surface area contributed by atoms with Gasteiger partial charge in [-0.2, -0.15) is 0 Å². The minimum absolute atomic E-state index is 0.0122. The molecule has 0 unspecified atom stereocenters. The van der Waals surface area contributed by atoms with Crippen LogP contribution in [0.5, 0.6) is 5.75 Å². The number of nitro groups is 1. The van der Waals surface area contributed by atoms with Crippen molar-refractivity contribution in [1.82, 2.24) is 0 Å². The van der Waals surface area contributed by atoms with Crippen LogP contribution in [-0.4, -0.2) is 12.0 Å². The van der Waals surface area contributed by atoms with E-state index < -0.39 is 0 Å². The van der Waals surface area contributed by atoms with Gasteiger partial charge in [0.2, 0.25) is 0 Å². The van der Waals surface area contributed by atoms with Crippen molar-refractivity contribution in [2.24, 2.45) is 5.92 Å². The summed E-state index contributed by atoms with van der Waals surface area (Å²) in [6.07, 6.45) is 5.44. The minimum Gasteiger partial charge on any atom is -0.490 e. The number of nitrogens with one attached hydrogen (secondary N) is 1. The molecule has 0 saturated carbocycles. The van der Waals surface area contributed by atoms with E-state index in [-0.39, 0.29) is 16.7 Å². The van der Waals surface area contributed by atoms with Crippen molar-refractivity contribution in [3.05, 3.63) is 75.9 Å². The summed E-state index contributed by atoms with van der Waals surface area (Å²) < 4.78 is 5.12. The van der Waals surface area contributed by atoms with E-state index in [0.29, 0.717) is 17.6 Å². The second-order valence-electron chi connectivity index (χ2n) is 6.25. The highest BCUT2D eigenvalue weighted by Gasteiger charge is 2.38. The Morgan fingerprint density at radius 1 is 1.25 bits per heavy atom. The molecule has 0 radical (unpaired) electrons. The molecule has 0 aromatic heterocycles. The zero-order chi connectivity index (χ0) is 16.7. The van der Waals surface area contributed by atoms with Gasteiger partial charge in [-0.05, 0) is 35.6 Å². The number of fused-ring (bicyclic) bond motifs is 3. The monoisotopic (exact) mass is 322 g/mol. The molecule has 1 aliphatic heterocycles. The Morgan fingerprint density at radius 3 is 2.88 bits per heavy atom. The van der Waals surface area contributed by atoms with Crippen LogP contribution in [0.4, 0.5) is 11.4 Å². The number of nitrogens with zero attached hydrogens (tertiary/aromatic N) is 1. The van der Waals surface area contributed by atoms with E-state index in [9.17, 15) is 10.1 Å². The first-order valence-electron chi connectivity index (χ1n) is 8.03. The number of rotatable bonds is 3. The van der Waals surface area contributed by atoms with Crippen LogP contribution in [-0.2, 0) is 0 Å². The zero-order valence-electron chi connectivity index (χ0n) is 13.3. The highest BCUT2D eigenvalue weighted by atomic mass is 16.6. The molecule has 1 N–H and O–H groups in total. The van der Waals surface area contributed by atoms with Gasteiger partial charge in [-0.1, -0.05) is 36.4 Å². The third-order valence-corrected chi connectivity index (χ3v) is 5.03. The normalized spacial score (nSPS) is 24.0. The SMILES string of the molecule is COc1ccc([C@@H]2Nc3ccccc3[C@H]3C=CC[C@@H]32)cc1[N+](=O)[O-]. The summed E-state index contributed by atoms with van der Waals surface area (Å²) >= 11 is 0. The summed E-state index contributed by atoms with van der Waals surface area (Å²) in [4.78, 5) is 10.9. The maximum Gasteiger partial charge on any atom is 0.311 e. The lowest BCUT2D eigenvalue weighted by atomic mass is 9.77. The molecule has 2 aliphatic rings. The molecule has 1 heterocycles. The lowest BCUT2D eigenvalue weighted by molar-refractivity contribution is -0.385. The average Bonchev–Trinajstić information content (AvgIpc) is 3.10. The molecule has 3 atom stereocenters. The summed E-state index contributed by atoms with van der Waals surface area (Å²) in [5.41, 5.74) is 3.35. The fourth-order valence-corrected chi connectivity index (χ4v) is 3.92. The van der Waals surface area contributed by atoms with Gasteiger partial charge in [-0.25, -0.2) is 0 Å². The topological polar surface area (TPSA) is 64.4 Å². The molecule has 0 saturated heterocycles. The predicted octanol–water partition coefficient (Wildman–Crippen LogP) is 4.43. The highest BCUT2D eigenvalue weighted by Crippen LogP contribution is 2.50. The second kappa shape index (κ2) is 5.67. The molecule has 4 rings (SSSR count). The quantitative estimate of drug-likeness (QED) is 0.516. The summed E-state index contributed by atoms with van der Waals surface area (Å²) in [6.45, 7) is 0. The molecule has 0 spiro atoms. The Morgan fingerprint density at radius 2 is 2.08 bits per heavy atom. The summed E-state index contributed by atoms with van der Waals surface area (Å²) in [7, 11) is 1.45. The van der Waals surface area contributed by atoms with E-state index in [1.165, 1.54) is 12.7 Å². The van der Waals surface area contributed by atoms with Crippen LogP contribution in [0, 0.1) is 16.0 Å². The van der Waals surface area contributed by atoms with Crippen LogP contribution >= 0.6 is 0 Å². The van der Waals surface area contributed by atoms with Gasteiger partial charge < -0.3 is 10.1 Å². The average molecular weight is 322 g/mol. The van der Waals surface area contributed by atoms with Gasteiger partial charge in [-0.15, -0.1) is 0 Å². The highest BCUT2D eigenvalue weighted by molar-refractivity contribution is 5.60. The van der Waals surface area contributed by atoms with Crippen LogP contribution in [0.3, 0.4) is 0 Å². The van der Waals surface area contributed by atoms with Crippen LogP contribution in [0.25, 0.3) is 0 Å². The van der Waals surface area contributed by atoms with Gasteiger partial charge in [0.1, 0.15) is 0 Å². The van der Waals surface area contributed by atoms with E-state index in [1.807, 2.05) is 12.1 Å². The number of hydrogen-bond acceptors (Lipinski definition) is 4. The standard InChI is InChI=1S/C19H18N2O3/c1-24-18-10-9-12(11-17(18)21(22)23)19-15-7-4-6-13(15)14-5-2-3-8-16(14)20-19/h2-6,8-11,13,15,19-20H,7H2,1H3/t13-,15+,19+/m1/s1. The first-order chi connectivity index (χ1) is 11.7. The molecule has 24 heavy (non-hydrogen) atoms. The number of allylic oxidation sites excluding steroid dienone is 2. The Balaban J connectivity index is 1.78. The number of methoxy groups -OCH3 is 1. The van der Waals surface area contributed by atoms with Crippen molar-refractivity contribution in [1.29, 1.82) is 0 Å². The van der Waals surface area contributed by atoms with Crippen molar-refractivity contribution in [2.75, 3.05) is 12.4 Å². The van der Waals surface area contributed by atoms with Gasteiger partial charge in [0.15, 0.2) is 5.75 Å². The fraction of sp³-hybridized carbons (Fsp3) is 0.263. The first-order valence-corrected chi connectivity index (χ1v) is 8.03. The molecule has 5 heteroatoms. The van der Waals surface area contributed by atoms with Crippen molar-refractivity contribution in [3.8, 4) is 5.75 Å². The molecule has 2 aromatic rings. The van der Waals surface area contributed by atoms with Crippen LogP contribution in [0.2, 0.25) is 0 Å². The van der Waals surface area contributed by atoms with E-state index >= 15 is 0 Å². The second-order valence-corrected chi connectivity index (χ2v) is 6.25. The van der Waals surface area contributed by atoms with E-state index in [0.717, 1.165) is 17.7 Å². The molecular weight excluding hydrogens is 304 g/mol. The van der Waals surface area contributed by atoms with E-state index in [4.69, 9.17) is 4.74 Å². The Bertz CT molecular complexity index is 831. The Kier molecular flexibility index (Phi) is 3.49. The lowest BCUT2D eigenvalue weighted by Gasteiger charge is -2.37. The van der Waals surface area contributed by atoms with Crippen LogP contribution in [0.1, 0.15) is 29.5 Å². The number of benzene rings is 2. The van der Waals surface area contributed by atoms with Gasteiger partial charge in [0.25, 0.3) is 0 Å². The van der Waals surface area contributed by atoms with Crippen molar-refractivity contribution < 1.29 is 9.66 Å². The predicted molar refractivity (Wildman–Crippen MR) is 92.4 cm³/mol. The smallest absolute Gasteiger partial charge is 0.311 e. The number of ether oxygens (including phenoxy) is 1. The zero-order valence-corrected chi connectivity index (χ0v) is 13.3. The summed E-state index contributed by atoms with van der Waals surface area (Å²) in [5.74, 6) is 1.02. The van der Waals surface area contributed by atoms with Gasteiger partial charge in [0, 0.05) is 17.7 Å². The number of para-hydroxylation sites is 1. The molecule has 5 nitrogen and oxygen atoms in total. The van der Waals surface area contributed by atoms with E-state index in [1.54, 1.807) is 12.1 Å². The van der Waals surface area contributed by atoms with E-state index in [2.05, 4.69) is 35.7 Å². The van der Waals surface area contributed by atoms with Crippen LogP contribution < -0.4 is 10.1 Å². The van der Waals surface area contributed by atoms with Gasteiger partial charge in [-0.3, -0.25) is 10.1 Å². The van der Waals surface area contributed by atoms with Crippen molar-refractivity contribution in [2.45, 2.75) is 18.4 Å². The van der Waals surface area contributed by atoms with Crippen molar-refractivity contribution in [3.63, 3.8) is 0 Å². The summed E-state index contributed by atoms with van der Waals surface area (Å²) in [6, 6.07) is 13.6. The maximum absolute atomic E-state index is 11.3. The molecular formula is C19H18N2O3. The van der Waals surface area contributed by atoms with Crippen molar-refractivity contribution >= 4 is 11.4 Å². The molecule has 122 valence electrons. The van der Waals surface area contributed by atoms with Crippen LogP contribution in [0.15, 0.2) is 54.6 Å². The number of hydrogen-bond donors (Lipinski definition) is 1. The lowest BCUT2D eigenvalue weighted by Crippen LogP contribution is -2.29.